The molecule has 0 saturated carbocycles. The molecule has 0 aliphatic carbocycles. The lowest BCUT2D eigenvalue weighted by atomic mass is 9.87. The van der Waals surface area contributed by atoms with Gasteiger partial charge in [0.25, 0.3) is 0 Å². The Morgan fingerprint density at radius 3 is 2.26 bits per heavy atom. The fraction of sp³-hybridized carbons (Fsp3) is 0.414. The maximum Gasteiger partial charge on any atom is 0.416 e. The topological polar surface area (TPSA) is 87.3 Å². The highest BCUT2D eigenvalue weighted by atomic mass is 19.4. The first-order valence-electron chi connectivity index (χ1n) is 13.2. The Balaban J connectivity index is 1.59. The molecule has 1 fully saturated rings. The Morgan fingerprint density at radius 2 is 1.71 bits per heavy atom. The Bertz CT molecular complexity index is 1330. The summed E-state index contributed by atoms with van der Waals surface area (Å²) >= 11 is 0. The van der Waals surface area contributed by atoms with Crippen molar-refractivity contribution in [3.63, 3.8) is 0 Å². The lowest BCUT2D eigenvalue weighted by Crippen LogP contribution is -2.54. The number of likely N-dealkylation sites (tertiary alicyclic amines) is 1. The van der Waals surface area contributed by atoms with E-state index in [0.29, 0.717) is 17.8 Å². The fourth-order valence-electron chi connectivity index (χ4n) is 5.15. The molecule has 0 unspecified atom stereocenters. The summed E-state index contributed by atoms with van der Waals surface area (Å²) in [6.45, 7) is 3.08. The number of amides is 2. The van der Waals surface area contributed by atoms with E-state index in [1.54, 1.807) is 29.3 Å². The van der Waals surface area contributed by atoms with E-state index in [1.807, 2.05) is 12.1 Å². The van der Waals surface area contributed by atoms with Crippen molar-refractivity contribution in [1.29, 1.82) is 0 Å². The quantitative estimate of drug-likeness (QED) is 0.329. The van der Waals surface area contributed by atoms with E-state index >= 15 is 0 Å². The average molecular weight is 597 g/mol. The second-order valence-electron chi connectivity index (χ2n) is 10.3. The molecule has 1 saturated heterocycles. The van der Waals surface area contributed by atoms with Gasteiger partial charge in [0.2, 0.25) is 11.8 Å². The van der Waals surface area contributed by atoms with E-state index in [1.165, 1.54) is 20.2 Å². The largest absolute Gasteiger partial charge is 0.416 e. The van der Waals surface area contributed by atoms with E-state index < -0.39 is 47.6 Å². The van der Waals surface area contributed by atoms with Gasteiger partial charge < -0.3 is 19.9 Å². The number of nitrogens with one attached hydrogen (secondary N) is 2. The van der Waals surface area contributed by atoms with Crippen molar-refractivity contribution in [1.82, 2.24) is 20.2 Å². The maximum atomic E-state index is 13.6. The Labute approximate surface area is 238 Å². The van der Waals surface area contributed by atoms with Crippen LogP contribution in [0, 0.1) is 0 Å². The molecule has 226 valence electrons. The third-order valence-corrected chi connectivity index (χ3v) is 7.20. The number of aromatic nitrogens is 2. The standard InChI is InChI=1S/C29H30F6N4O3/c1-17(20-10-21(28(30,31)32)12-22(11-20)29(33,34)35)42-26-8-9-39(15-24(26)19-6-4-3-5-7-19)27(41)25(38-18(2)40)13-23-14-36-16-37-23/h3-7,10-12,14,16-17,24-26H,8-9,13,15H2,1-2H3,(H,36,37)(H,38,40)/t17-,24+,25+,26+/m1/s1. The molecule has 2 N–H and O–H groups in total. The lowest BCUT2D eigenvalue weighted by molar-refractivity contribution is -0.143. The Kier molecular flexibility index (Phi) is 9.29. The molecule has 3 aromatic rings. The van der Waals surface area contributed by atoms with Crippen LogP contribution in [-0.2, 0) is 33.1 Å². The number of piperidine rings is 1. The van der Waals surface area contributed by atoms with Gasteiger partial charge in [0.1, 0.15) is 6.04 Å². The SMILES string of the molecule is CC(=O)N[C@@H](Cc1cnc[nH]1)C(=O)N1CC[C@H](O[C@H](C)c2cc(C(F)(F)F)cc(C(F)(F)F)c2)[C@H](c2ccccc2)C1. The molecular formula is C29H30F6N4O3. The van der Waals surface area contributed by atoms with Crippen LogP contribution in [0.25, 0.3) is 0 Å². The number of carbonyl (C=O) groups is 2. The van der Waals surface area contributed by atoms with Gasteiger partial charge in [-0.1, -0.05) is 30.3 Å². The summed E-state index contributed by atoms with van der Waals surface area (Å²) in [6.07, 6.45) is -8.24. The summed E-state index contributed by atoms with van der Waals surface area (Å²) in [5.74, 6) is -1.16. The smallest absolute Gasteiger partial charge is 0.370 e. The van der Waals surface area contributed by atoms with Gasteiger partial charge in [-0.25, -0.2) is 4.98 Å². The minimum atomic E-state index is -4.98. The highest BCUT2D eigenvalue weighted by Crippen LogP contribution is 2.39. The summed E-state index contributed by atoms with van der Waals surface area (Å²) < 4.78 is 86.8. The van der Waals surface area contributed by atoms with Gasteiger partial charge in [0.05, 0.1) is 29.7 Å². The number of H-pyrrole nitrogens is 1. The maximum absolute atomic E-state index is 13.6. The minimum absolute atomic E-state index is 0.0852. The molecule has 0 radical (unpaired) electrons. The molecule has 2 heterocycles. The second-order valence-corrected chi connectivity index (χ2v) is 10.3. The van der Waals surface area contributed by atoms with Crippen LogP contribution >= 0.6 is 0 Å². The fourth-order valence-corrected chi connectivity index (χ4v) is 5.15. The van der Waals surface area contributed by atoms with E-state index in [0.717, 1.165) is 5.56 Å². The van der Waals surface area contributed by atoms with Crippen molar-refractivity contribution in [2.24, 2.45) is 0 Å². The average Bonchev–Trinajstić information content (AvgIpc) is 3.45. The van der Waals surface area contributed by atoms with Crippen LogP contribution < -0.4 is 5.32 Å². The zero-order chi connectivity index (χ0) is 30.7. The normalized spacial score (nSPS) is 19.3. The Morgan fingerprint density at radius 1 is 1.07 bits per heavy atom. The number of benzene rings is 2. The molecule has 1 aliphatic heterocycles. The zero-order valence-corrected chi connectivity index (χ0v) is 22.8. The monoisotopic (exact) mass is 596 g/mol. The van der Waals surface area contributed by atoms with Crippen molar-refractivity contribution in [3.8, 4) is 0 Å². The number of aromatic amines is 1. The second kappa shape index (κ2) is 12.6. The van der Waals surface area contributed by atoms with Crippen LogP contribution in [0.1, 0.15) is 60.2 Å². The molecule has 1 aliphatic rings. The first-order valence-corrected chi connectivity index (χ1v) is 13.2. The van der Waals surface area contributed by atoms with Gasteiger partial charge in [-0.2, -0.15) is 26.3 Å². The summed E-state index contributed by atoms with van der Waals surface area (Å²) in [6, 6.07) is 9.57. The molecule has 1 aromatic heterocycles. The van der Waals surface area contributed by atoms with Crippen molar-refractivity contribution in [2.75, 3.05) is 13.1 Å². The summed E-state index contributed by atoms with van der Waals surface area (Å²) in [7, 11) is 0. The highest BCUT2D eigenvalue weighted by Gasteiger charge is 2.39. The number of hydrogen-bond acceptors (Lipinski definition) is 4. The molecule has 0 bridgehead atoms. The third kappa shape index (κ3) is 7.69. The van der Waals surface area contributed by atoms with Crippen molar-refractivity contribution >= 4 is 11.8 Å². The van der Waals surface area contributed by atoms with Gasteiger partial charge in [0.15, 0.2) is 0 Å². The predicted octanol–water partition coefficient (Wildman–Crippen LogP) is 5.66. The number of hydrogen-bond donors (Lipinski definition) is 2. The van der Waals surface area contributed by atoms with E-state index in [9.17, 15) is 35.9 Å². The lowest BCUT2D eigenvalue weighted by Gasteiger charge is -2.41. The predicted molar refractivity (Wildman–Crippen MR) is 140 cm³/mol. The van der Waals surface area contributed by atoms with Crippen LogP contribution in [0.15, 0.2) is 61.1 Å². The third-order valence-electron chi connectivity index (χ3n) is 7.20. The summed E-state index contributed by atoms with van der Waals surface area (Å²) in [4.78, 5) is 33.9. The van der Waals surface area contributed by atoms with E-state index in [4.69, 9.17) is 4.74 Å². The number of nitrogens with zero attached hydrogens (tertiary/aromatic N) is 2. The van der Waals surface area contributed by atoms with Crippen LogP contribution in [0.5, 0.6) is 0 Å². The van der Waals surface area contributed by atoms with Crippen LogP contribution in [-0.4, -0.2) is 51.9 Å². The number of halogens is 6. The zero-order valence-electron chi connectivity index (χ0n) is 22.8. The van der Waals surface area contributed by atoms with E-state index in [-0.39, 0.29) is 49.4 Å². The van der Waals surface area contributed by atoms with Crippen molar-refractivity contribution in [2.45, 2.75) is 63.2 Å². The number of imidazole rings is 1. The van der Waals surface area contributed by atoms with Crippen molar-refractivity contribution in [3.05, 3.63) is 89.0 Å². The van der Waals surface area contributed by atoms with Crippen LogP contribution in [0.2, 0.25) is 0 Å². The summed E-state index contributed by atoms with van der Waals surface area (Å²) in [5, 5.41) is 2.68. The molecule has 2 amide bonds. The molecule has 7 nitrogen and oxygen atoms in total. The van der Waals surface area contributed by atoms with Gasteiger partial charge in [-0.05, 0) is 42.7 Å². The number of alkyl halides is 6. The van der Waals surface area contributed by atoms with E-state index in [2.05, 4.69) is 15.3 Å². The first kappa shape index (κ1) is 31.1. The Hall–Kier alpha value is -3.87. The van der Waals surface area contributed by atoms with Gasteiger partial charge in [-0.3, -0.25) is 9.59 Å². The van der Waals surface area contributed by atoms with Crippen LogP contribution in [0.4, 0.5) is 26.3 Å². The number of rotatable bonds is 8. The molecule has 2 aromatic carbocycles. The molecule has 4 rings (SSSR count). The molecular weight excluding hydrogens is 566 g/mol. The number of carbonyl (C=O) groups excluding carboxylic acids is 2. The molecule has 0 spiro atoms. The van der Waals surface area contributed by atoms with Crippen LogP contribution in [0.3, 0.4) is 0 Å². The molecule has 13 heteroatoms. The van der Waals surface area contributed by atoms with Gasteiger partial charge in [-0.15, -0.1) is 0 Å². The van der Waals surface area contributed by atoms with Gasteiger partial charge >= 0.3 is 12.4 Å². The molecule has 42 heavy (non-hydrogen) atoms. The van der Waals surface area contributed by atoms with Gasteiger partial charge in [0, 0.05) is 44.2 Å². The highest BCUT2D eigenvalue weighted by molar-refractivity contribution is 5.87. The van der Waals surface area contributed by atoms with Crippen molar-refractivity contribution < 1.29 is 40.7 Å². The minimum Gasteiger partial charge on any atom is -0.370 e. The number of ether oxygens (including phenoxy) is 1. The molecule has 4 atom stereocenters. The summed E-state index contributed by atoms with van der Waals surface area (Å²) in [5.41, 5.74) is -1.65. The first-order chi connectivity index (χ1) is 19.7.